The summed E-state index contributed by atoms with van der Waals surface area (Å²) in [4.78, 5) is 39.7. The largest absolute Gasteiger partial charge is 0.480 e. The highest BCUT2D eigenvalue weighted by Gasteiger charge is 2.22. The van der Waals surface area contributed by atoms with E-state index in [9.17, 15) is 19.5 Å². The van der Waals surface area contributed by atoms with Crippen molar-refractivity contribution >= 4 is 28.2 Å². The van der Waals surface area contributed by atoms with Gasteiger partial charge in [0.05, 0.1) is 10.9 Å². The number of rotatable bonds is 5. The number of carboxylic acids is 1. The minimum Gasteiger partial charge on any atom is -0.480 e. The van der Waals surface area contributed by atoms with Crippen molar-refractivity contribution in [1.29, 1.82) is 0 Å². The minimum atomic E-state index is -1.10. The fraction of sp³-hybridized carbons (Fsp3) is 0.105. The SMILES string of the molecule is O=C(O)C(Cc1ccccc1)Nc1c(=O)[nH]n2c(=O)c3ccccc3[nH]c12. The first kappa shape index (κ1) is 16.6. The topological polar surface area (TPSA) is 119 Å². The highest BCUT2D eigenvalue weighted by Crippen LogP contribution is 2.15. The fourth-order valence-electron chi connectivity index (χ4n) is 3.09. The molecule has 0 radical (unpaired) electrons. The van der Waals surface area contributed by atoms with E-state index in [1.54, 1.807) is 24.3 Å². The number of nitrogens with one attached hydrogen (secondary N) is 3. The van der Waals surface area contributed by atoms with Crippen LogP contribution in [0.2, 0.25) is 0 Å². The molecule has 2 aromatic heterocycles. The van der Waals surface area contributed by atoms with Gasteiger partial charge in [0.1, 0.15) is 11.7 Å². The van der Waals surface area contributed by atoms with Gasteiger partial charge < -0.3 is 15.4 Å². The summed E-state index contributed by atoms with van der Waals surface area (Å²) in [7, 11) is 0. The maximum Gasteiger partial charge on any atom is 0.326 e. The summed E-state index contributed by atoms with van der Waals surface area (Å²) in [6.45, 7) is 0. The summed E-state index contributed by atoms with van der Waals surface area (Å²) in [5, 5.41) is 15.2. The lowest BCUT2D eigenvalue weighted by Gasteiger charge is -2.14. The predicted octanol–water partition coefficient (Wildman–Crippen LogP) is 1.58. The Hall–Kier alpha value is -3.81. The molecule has 136 valence electrons. The maximum atomic E-state index is 12.6. The first-order chi connectivity index (χ1) is 13.0. The fourth-order valence-corrected chi connectivity index (χ4v) is 3.09. The molecule has 4 aromatic rings. The van der Waals surface area contributed by atoms with E-state index in [0.717, 1.165) is 10.1 Å². The lowest BCUT2D eigenvalue weighted by molar-refractivity contribution is -0.137. The van der Waals surface area contributed by atoms with E-state index in [2.05, 4.69) is 15.4 Å². The summed E-state index contributed by atoms with van der Waals surface area (Å²) in [5.41, 5.74) is 0.623. The van der Waals surface area contributed by atoms with Crippen molar-refractivity contribution in [2.45, 2.75) is 12.5 Å². The maximum absolute atomic E-state index is 12.6. The molecule has 0 aliphatic carbocycles. The summed E-state index contributed by atoms with van der Waals surface area (Å²) in [6, 6.07) is 14.9. The molecular formula is C19H16N4O4. The first-order valence-electron chi connectivity index (χ1n) is 8.33. The molecule has 1 atom stereocenters. The van der Waals surface area contributed by atoms with Crippen molar-refractivity contribution in [2.24, 2.45) is 0 Å². The molecule has 0 spiro atoms. The zero-order chi connectivity index (χ0) is 19.0. The highest BCUT2D eigenvalue weighted by atomic mass is 16.4. The second-order valence-corrected chi connectivity index (χ2v) is 6.20. The number of aliphatic carboxylic acids is 1. The van der Waals surface area contributed by atoms with E-state index >= 15 is 0 Å². The van der Waals surface area contributed by atoms with E-state index < -0.39 is 17.6 Å². The number of aromatic nitrogens is 3. The molecule has 4 rings (SSSR count). The third-order valence-corrected chi connectivity index (χ3v) is 4.41. The number of anilines is 1. The molecule has 8 heteroatoms. The van der Waals surface area contributed by atoms with Crippen LogP contribution in [0.25, 0.3) is 16.6 Å². The zero-order valence-corrected chi connectivity index (χ0v) is 14.1. The molecule has 0 bridgehead atoms. The average molecular weight is 364 g/mol. The number of hydrogen-bond donors (Lipinski definition) is 4. The second-order valence-electron chi connectivity index (χ2n) is 6.20. The van der Waals surface area contributed by atoms with Crippen LogP contribution in [0.3, 0.4) is 0 Å². The van der Waals surface area contributed by atoms with Crippen molar-refractivity contribution < 1.29 is 9.90 Å². The number of H-pyrrole nitrogens is 2. The standard InChI is InChI=1S/C19H16N4O4/c24-17-15(20-14(19(26)27)10-11-6-2-1-3-7-11)16-21-13-9-5-4-8-12(13)18(25)23(16)22-17/h1-9,14,20-21H,10H2,(H,22,24)(H,26,27). The minimum absolute atomic E-state index is 0.0150. The number of hydrogen-bond acceptors (Lipinski definition) is 4. The lowest BCUT2D eigenvalue weighted by Crippen LogP contribution is -2.33. The van der Waals surface area contributed by atoms with Gasteiger partial charge in [-0.25, -0.2) is 4.79 Å². The Morgan fingerprint density at radius 2 is 1.78 bits per heavy atom. The van der Waals surface area contributed by atoms with Crippen LogP contribution in [0.5, 0.6) is 0 Å². The van der Waals surface area contributed by atoms with Gasteiger partial charge in [0.15, 0.2) is 5.65 Å². The van der Waals surface area contributed by atoms with Crippen LogP contribution in [-0.2, 0) is 11.2 Å². The van der Waals surface area contributed by atoms with Crippen LogP contribution >= 0.6 is 0 Å². The number of nitrogens with zero attached hydrogens (tertiary/aromatic N) is 1. The highest BCUT2D eigenvalue weighted by molar-refractivity contribution is 5.84. The zero-order valence-electron chi connectivity index (χ0n) is 14.1. The van der Waals surface area contributed by atoms with Crippen LogP contribution in [-0.4, -0.2) is 31.7 Å². The Morgan fingerprint density at radius 1 is 1.07 bits per heavy atom. The van der Waals surface area contributed by atoms with Crippen molar-refractivity contribution in [3.8, 4) is 0 Å². The van der Waals surface area contributed by atoms with E-state index in [4.69, 9.17) is 0 Å². The van der Waals surface area contributed by atoms with Crippen molar-refractivity contribution in [1.82, 2.24) is 14.6 Å². The quantitative estimate of drug-likeness (QED) is 0.429. The lowest BCUT2D eigenvalue weighted by atomic mass is 10.1. The Morgan fingerprint density at radius 3 is 2.52 bits per heavy atom. The monoisotopic (exact) mass is 364 g/mol. The molecule has 1 unspecified atom stereocenters. The molecule has 2 heterocycles. The Balaban J connectivity index is 1.80. The summed E-state index contributed by atoms with van der Waals surface area (Å²) < 4.78 is 1.09. The number of fused-ring (bicyclic) bond motifs is 2. The van der Waals surface area contributed by atoms with Gasteiger partial charge in [-0.05, 0) is 17.7 Å². The van der Waals surface area contributed by atoms with E-state index in [-0.39, 0.29) is 23.3 Å². The Labute approximate surface area is 152 Å². The van der Waals surface area contributed by atoms with E-state index in [0.29, 0.717) is 10.9 Å². The van der Waals surface area contributed by atoms with Crippen molar-refractivity contribution in [2.75, 3.05) is 5.32 Å². The summed E-state index contributed by atoms with van der Waals surface area (Å²) in [5.74, 6) is -1.10. The number of carboxylic acid groups (broad SMARTS) is 1. The van der Waals surface area contributed by atoms with E-state index in [1.807, 2.05) is 30.3 Å². The number of para-hydroxylation sites is 1. The molecule has 0 aliphatic heterocycles. The normalized spacial score (nSPS) is 12.3. The molecular weight excluding hydrogens is 348 g/mol. The van der Waals surface area contributed by atoms with Crippen LogP contribution in [0.1, 0.15) is 5.56 Å². The number of benzene rings is 2. The van der Waals surface area contributed by atoms with Gasteiger partial charge >= 0.3 is 5.97 Å². The van der Waals surface area contributed by atoms with Crippen molar-refractivity contribution in [3.05, 3.63) is 80.9 Å². The van der Waals surface area contributed by atoms with Crippen molar-refractivity contribution in [3.63, 3.8) is 0 Å². The van der Waals surface area contributed by atoms with Gasteiger partial charge in [0.25, 0.3) is 11.1 Å². The van der Waals surface area contributed by atoms with Gasteiger partial charge in [0.2, 0.25) is 0 Å². The molecule has 0 fully saturated rings. The molecule has 4 N–H and O–H groups in total. The summed E-state index contributed by atoms with van der Waals surface area (Å²) in [6.07, 6.45) is 0.185. The van der Waals surface area contributed by atoms with Gasteiger partial charge in [0, 0.05) is 6.42 Å². The molecule has 0 aliphatic rings. The first-order valence-corrected chi connectivity index (χ1v) is 8.33. The third-order valence-electron chi connectivity index (χ3n) is 4.41. The molecule has 0 saturated carbocycles. The molecule has 2 aromatic carbocycles. The second kappa shape index (κ2) is 6.49. The predicted molar refractivity (Wildman–Crippen MR) is 101 cm³/mol. The average Bonchev–Trinajstić information content (AvgIpc) is 2.98. The Kier molecular flexibility index (Phi) is 4.00. The van der Waals surface area contributed by atoms with Crippen LogP contribution < -0.4 is 16.4 Å². The van der Waals surface area contributed by atoms with Gasteiger partial charge in [-0.1, -0.05) is 42.5 Å². The molecule has 8 nitrogen and oxygen atoms in total. The third kappa shape index (κ3) is 2.97. The van der Waals surface area contributed by atoms with E-state index in [1.165, 1.54) is 0 Å². The Bertz CT molecular complexity index is 1250. The van der Waals surface area contributed by atoms with Crippen LogP contribution in [0, 0.1) is 0 Å². The smallest absolute Gasteiger partial charge is 0.326 e. The van der Waals surface area contributed by atoms with Gasteiger partial charge in [-0.2, -0.15) is 4.52 Å². The van der Waals surface area contributed by atoms with Gasteiger partial charge in [-0.15, -0.1) is 0 Å². The molecule has 27 heavy (non-hydrogen) atoms. The van der Waals surface area contributed by atoms with Crippen LogP contribution in [0.15, 0.2) is 64.2 Å². The summed E-state index contributed by atoms with van der Waals surface area (Å²) >= 11 is 0. The molecule has 0 saturated heterocycles. The van der Waals surface area contributed by atoms with Crippen LogP contribution in [0.4, 0.5) is 5.69 Å². The number of aromatic amines is 2. The van der Waals surface area contributed by atoms with Gasteiger partial charge in [-0.3, -0.25) is 14.7 Å². The number of carbonyl (C=O) groups is 1. The molecule has 0 amide bonds.